The average molecular weight is 254 g/mol. The number of carbonyl (C=O) groups is 2. The van der Waals surface area contributed by atoms with Gasteiger partial charge in [-0.2, -0.15) is 0 Å². The third-order valence-corrected chi connectivity index (χ3v) is 4.33. The van der Waals surface area contributed by atoms with Crippen LogP contribution in [0.25, 0.3) is 0 Å². The van der Waals surface area contributed by atoms with Crippen LogP contribution in [0.1, 0.15) is 19.3 Å². The number of carboxylic acids is 1. The summed E-state index contributed by atoms with van der Waals surface area (Å²) in [6, 6.07) is -0.287. The van der Waals surface area contributed by atoms with E-state index < -0.39 is 5.97 Å². The SMILES string of the molecule is O=C(O)C1CC2CCC1N2C(=O)C1COCCN1. The first-order valence-electron chi connectivity index (χ1n) is 6.54. The molecule has 0 spiro atoms. The lowest BCUT2D eigenvalue weighted by Gasteiger charge is -2.30. The molecule has 0 aliphatic carbocycles. The fourth-order valence-corrected chi connectivity index (χ4v) is 3.50. The lowest BCUT2D eigenvalue weighted by molar-refractivity contribution is -0.143. The van der Waals surface area contributed by atoms with Crippen molar-refractivity contribution in [3.8, 4) is 0 Å². The van der Waals surface area contributed by atoms with Gasteiger partial charge in [-0.15, -0.1) is 0 Å². The molecule has 0 aromatic heterocycles. The zero-order chi connectivity index (χ0) is 12.7. The quantitative estimate of drug-likeness (QED) is 0.690. The number of aliphatic carboxylic acids is 1. The Morgan fingerprint density at radius 1 is 1.33 bits per heavy atom. The van der Waals surface area contributed by atoms with Crippen molar-refractivity contribution in [1.82, 2.24) is 10.2 Å². The minimum absolute atomic E-state index is 0.0194. The largest absolute Gasteiger partial charge is 0.481 e. The smallest absolute Gasteiger partial charge is 0.308 e. The van der Waals surface area contributed by atoms with E-state index in [1.165, 1.54) is 0 Å². The van der Waals surface area contributed by atoms with E-state index in [0.29, 0.717) is 26.2 Å². The van der Waals surface area contributed by atoms with Gasteiger partial charge in [0.1, 0.15) is 6.04 Å². The summed E-state index contributed by atoms with van der Waals surface area (Å²) in [6.45, 7) is 1.71. The molecule has 3 aliphatic heterocycles. The molecule has 3 saturated heterocycles. The highest BCUT2D eigenvalue weighted by Gasteiger charge is 2.52. The first-order valence-corrected chi connectivity index (χ1v) is 6.54. The van der Waals surface area contributed by atoms with Gasteiger partial charge in [0, 0.05) is 18.6 Å². The minimum atomic E-state index is -0.771. The molecule has 4 unspecified atom stereocenters. The molecule has 3 fully saturated rings. The van der Waals surface area contributed by atoms with E-state index in [0.717, 1.165) is 12.8 Å². The van der Waals surface area contributed by atoms with Gasteiger partial charge in [0.15, 0.2) is 0 Å². The van der Waals surface area contributed by atoms with Gasteiger partial charge in [-0.05, 0) is 19.3 Å². The summed E-state index contributed by atoms with van der Waals surface area (Å²) >= 11 is 0. The van der Waals surface area contributed by atoms with Gasteiger partial charge >= 0.3 is 5.97 Å². The molecule has 1 amide bonds. The van der Waals surface area contributed by atoms with Crippen LogP contribution < -0.4 is 5.32 Å². The van der Waals surface area contributed by atoms with Crippen molar-refractivity contribution >= 4 is 11.9 Å². The fourth-order valence-electron chi connectivity index (χ4n) is 3.50. The van der Waals surface area contributed by atoms with Crippen molar-refractivity contribution in [3.63, 3.8) is 0 Å². The van der Waals surface area contributed by atoms with E-state index in [9.17, 15) is 9.59 Å². The number of nitrogens with one attached hydrogen (secondary N) is 1. The second kappa shape index (κ2) is 4.51. The number of fused-ring (bicyclic) bond motifs is 2. The molecule has 100 valence electrons. The normalized spacial score (nSPS) is 39.0. The second-order valence-corrected chi connectivity index (χ2v) is 5.31. The van der Waals surface area contributed by atoms with Crippen LogP contribution in [-0.4, -0.2) is 59.8 Å². The summed E-state index contributed by atoms with van der Waals surface area (Å²) in [5.74, 6) is -1.13. The van der Waals surface area contributed by atoms with Gasteiger partial charge in [0.05, 0.1) is 19.1 Å². The molecule has 3 rings (SSSR count). The minimum Gasteiger partial charge on any atom is -0.481 e. The van der Waals surface area contributed by atoms with Crippen LogP contribution in [0.5, 0.6) is 0 Å². The molecule has 4 atom stereocenters. The van der Waals surface area contributed by atoms with E-state index in [2.05, 4.69) is 5.32 Å². The van der Waals surface area contributed by atoms with Gasteiger partial charge < -0.3 is 20.1 Å². The predicted octanol–water partition coefficient (Wildman–Crippen LogP) is -0.561. The third kappa shape index (κ3) is 1.80. The van der Waals surface area contributed by atoms with Crippen molar-refractivity contribution < 1.29 is 19.4 Å². The van der Waals surface area contributed by atoms with Crippen LogP contribution in [0, 0.1) is 5.92 Å². The second-order valence-electron chi connectivity index (χ2n) is 5.31. The Kier molecular flexibility index (Phi) is 2.99. The van der Waals surface area contributed by atoms with Gasteiger partial charge in [0.25, 0.3) is 0 Å². The van der Waals surface area contributed by atoms with Crippen LogP contribution in [0.2, 0.25) is 0 Å². The summed E-state index contributed by atoms with van der Waals surface area (Å²) in [6.07, 6.45) is 2.37. The van der Waals surface area contributed by atoms with Crippen molar-refractivity contribution in [2.24, 2.45) is 5.92 Å². The first-order chi connectivity index (χ1) is 8.68. The van der Waals surface area contributed by atoms with Crippen LogP contribution in [0.3, 0.4) is 0 Å². The van der Waals surface area contributed by atoms with E-state index in [4.69, 9.17) is 9.84 Å². The molecular formula is C12H18N2O4. The Balaban J connectivity index is 1.72. The summed E-state index contributed by atoms with van der Waals surface area (Å²) < 4.78 is 5.30. The lowest BCUT2D eigenvalue weighted by Crippen LogP contribution is -2.54. The van der Waals surface area contributed by atoms with Gasteiger partial charge in [-0.25, -0.2) is 0 Å². The summed E-state index contributed by atoms with van der Waals surface area (Å²) in [5.41, 5.74) is 0. The van der Waals surface area contributed by atoms with Crippen LogP contribution in [0.15, 0.2) is 0 Å². The van der Waals surface area contributed by atoms with Crippen molar-refractivity contribution in [2.75, 3.05) is 19.8 Å². The molecule has 0 saturated carbocycles. The van der Waals surface area contributed by atoms with Crippen molar-refractivity contribution in [2.45, 2.75) is 37.4 Å². The topological polar surface area (TPSA) is 78.9 Å². The van der Waals surface area contributed by atoms with E-state index in [1.807, 2.05) is 4.90 Å². The maximum Gasteiger partial charge on any atom is 0.308 e. The van der Waals surface area contributed by atoms with Gasteiger partial charge in [-0.3, -0.25) is 9.59 Å². The molecule has 18 heavy (non-hydrogen) atoms. The van der Waals surface area contributed by atoms with Gasteiger partial charge in [-0.1, -0.05) is 0 Å². The monoisotopic (exact) mass is 254 g/mol. The molecule has 0 aromatic carbocycles. The van der Waals surface area contributed by atoms with Crippen LogP contribution in [-0.2, 0) is 14.3 Å². The Labute approximate surface area is 105 Å². The molecule has 0 aromatic rings. The number of morpholine rings is 1. The van der Waals surface area contributed by atoms with E-state index in [1.54, 1.807) is 0 Å². The highest BCUT2D eigenvalue weighted by Crippen LogP contribution is 2.42. The number of ether oxygens (including phenoxy) is 1. The summed E-state index contributed by atoms with van der Waals surface area (Å²) in [4.78, 5) is 25.4. The number of carbonyl (C=O) groups excluding carboxylic acids is 1. The van der Waals surface area contributed by atoms with Gasteiger partial charge in [0.2, 0.25) is 5.91 Å². The Bertz CT molecular complexity index is 367. The molecular weight excluding hydrogens is 236 g/mol. The zero-order valence-corrected chi connectivity index (χ0v) is 10.2. The molecule has 6 heteroatoms. The molecule has 3 heterocycles. The Hall–Kier alpha value is -1.14. The van der Waals surface area contributed by atoms with Crippen molar-refractivity contribution in [3.05, 3.63) is 0 Å². The van der Waals surface area contributed by atoms with Crippen molar-refractivity contribution in [1.29, 1.82) is 0 Å². The molecule has 3 aliphatic rings. The highest BCUT2D eigenvalue weighted by molar-refractivity contribution is 5.85. The third-order valence-electron chi connectivity index (χ3n) is 4.33. The van der Waals surface area contributed by atoms with E-state index >= 15 is 0 Å². The molecule has 0 radical (unpaired) electrons. The van der Waals surface area contributed by atoms with E-state index in [-0.39, 0.29) is 30.0 Å². The number of amides is 1. The summed E-state index contributed by atoms with van der Waals surface area (Å²) in [5, 5.41) is 12.3. The fraction of sp³-hybridized carbons (Fsp3) is 0.833. The number of rotatable bonds is 2. The average Bonchev–Trinajstić information content (AvgIpc) is 2.96. The maximum absolute atomic E-state index is 12.4. The summed E-state index contributed by atoms with van der Waals surface area (Å²) in [7, 11) is 0. The van der Waals surface area contributed by atoms with Crippen LogP contribution >= 0.6 is 0 Å². The molecule has 2 bridgehead atoms. The Morgan fingerprint density at radius 3 is 2.78 bits per heavy atom. The zero-order valence-electron chi connectivity index (χ0n) is 10.2. The highest BCUT2D eigenvalue weighted by atomic mass is 16.5. The van der Waals surface area contributed by atoms with Crippen LogP contribution in [0.4, 0.5) is 0 Å². The standard InChI is InChI=1S/C12H18N2O4/c15-11(9-6-18-4-3-13-9)14-7-1-2-10(14)8(5-7)12(16)17/h7-10,13H,1-6H2,(H,16,17). The number of hydrogen-bond donors (Lipinski definition) is 2. The molecule has 2 N–H and O–H groups in total. The Morgan fingerprint density at radius 2 is 2.17 bits per heavy atom. The lowest BCUT2D eigenvalue weighted by atomic mass is 9.89. The number of nitrogens with zero attached hydrogens (tertiary/aromatic N) is 1. The molecule has 6 nitrogen and oxygen atoms in total. The maximum atomic E-state index is 12.4. The first kappa shape index (κ1) is 11.9. The predicted molar refractivity (Wildman–Crippen MR) is 62.0 cm³/mol. The number of hydrogen-bond acceptors (Lipinski definition) is 4. The number of carboxylic acid groups (broad SMARTS) is 1.